The summed E-state index contributed by atoms with van der Waals surface area (Å²) in [5, 5.41) is 47.6. The minimum absolute atomic E-state index is 0. The van der Waals surface area contributed by atoms with Gasteiger partial charge in [0.05, 0.1) is 23.3 Å². The van der Waals surface area contributed by atoms with Gasteiger partial charge in [-0.05, 0) is 42.7 Å². The van der Waals surface area contributed by atoms with E-state index in [0.717, 1.165) is 16.3 Å². The Morgan fingerprint density at radius 3 is 2.21 bits per heavy atom. The number of amides is 1. The molecule has 19 heteroatoms. The topological polar surface area (TPSA) is 244 Å². The third-order valence-corrected chi connectivity index (χ3v) is 9.19. The van der Waals surface area contributed by atoms with E-state index < -0.39 is 42.7 Å². The van der Waals surface area contributed by atoms with Crippen LogP contribution in [0, 0.1) is 22.7 Å². The Morgan fingerprint density at radius 2 is 1.58 bits per heavy atom. The third-order valence-electron chi connectivity index (χ3n) is 6.99. The number of carbonyl (C=O) groups is 4. The second-order valence-electron chi connectivity index (χ2n) is 10.5. The first-order valence-electron chi connectivity index (χ1n) is 15.0. The van der Waals surface area contributed by atoms with E-state index >= 15 is 0 Å². The van der Waals surface area contributed by atoms with Crippen molar-refractivity contribution in [3.05, 3.63) is 75.8 Å². The Kier molecular flexibility index (Phi) is 19.3. The number of ether oxygens (including phenoxy) is 2. The average Bonchev–Trinajstić information content (AvgIpc) is 3.59. The molecular weight excluding hydrogens is 766 g/mol. The molecule has 14 nitrogen and oxygen atoms in total. The molecule has 0 radical (unpaired) electrons. The van der Waals surface area contributed by atoms with E-state index in [-0.39, 0.29) is 102 Å². The number of aromatic nitrogens is 2. The van der Waals surface area contributed by atoms with Crippen molar-refractivity contribution in [2.75, 3.05) is 18.9 Å². The van der Waals surface area contributed by atoms with Crippen molar-refractivity contribution in [1.82, 2.24) is 15.3 Å². The van der Waals surface area contributed by atoms with Gasteiger partial charge in [0.2, 0.25) is 5.91 Å². The van der Waals surface area contributed by atoms with Crippen LogP contribution in [0.1, 0.15) is 42.5 Å². The van der Waals surface area contributed by atoms with E-state index in [4.69, 9.17) is 26.8 Å². The molecule has 2 aromatic heterocycles. The number of benzene rings is 2. The predicted octanol–water partition coefficient (Wildman–Crippen LogP) is -3.38. The summed E-state index contributed by atoms with van der Waals surface area (Å²) in [4.78, 5) is 54.6. The van der Waals surface area contributed by atoms with E-state index in [0.29, 0.717) is 32.7 Å². The van der Waals surface area contributed by atoms with Crippen LogP contribution in [-0.4, -0.2) is 53.0 Å². The van der Waals surface area contributed by atoms with Gasteiger partial charge in [-0.2, -0.15) is 10.5 Å². The summed E-state index contributed by atoms with van der Waals surface area (Å²) in [6.45, 7) is -0.228. The van der Waals surface area contributed by atoms with Crippen molar-refractivity contribution in [3.63, 3.8) is 0 Å². The number of carboxylic acid groups (broad SMARTS) is 2. The van der Waals surface area contributed by atoms with Gasteiger partial charge in [-0.15, -0.1) is 11.3 Å². The van der Waals surface area contributed by atoms with Crippen molar-refractivity contribution < 1.29 is 98.0 Å². The summed E-state index contributed by atoms with van der Waals surface area (Å²) in [7, 11) is 0. The smallest absolute Gasteiger partial charge is 0.550 e. The number of nitrogen functional groups attached to an aromatic ring is 1. The number of hydrogen-bond acceptors (Lipinski definition) is 15. The SMILES string of the molecule is N#Cc1c(N)nc(SCc2csc(-c3ccc(Cl)cc3)n2)c(C#N)c1-c1ccc(OCCOC(=O)CC[C@H](NC(=O)CCC(=O)[O-])C(=O)[O-])cc1.[Na+].[Na+]. The number of rotatable bonds is 17. The third kappa shape index (κ3) is 13.6. The Bertz CT molecular complexity index is 2000. The standard InChI is InChI=1S/C34H29ClN6O8S2.2Na/c35-21-5-1-20(2-6-21)32-39-22(17-50-32)18-51-33-25(16-37)30(24(15-36)31(38)41-33)19-3-7-23(8-4-19)48-13-14-49-29(45)12-9-26(34(46)47)40-27(42)10-11-28(43)44;;/h1-8,17,26H,9-14,18H2,(H2,38,41)(H,40,42)(H,43,44)(H,46,47);;/q;2*+1/p-2/t26-;;/m0../s1. The average molecular weight is 793 g/mol. The molecule has 0 aliphatic rings. The number of aliphatic carboxylic acids is 2. The van der Waals surface area contributed by atoms with Gasteiger partial charge in [-0.3, -0.25) is 9.59 Å². The number of pyridine rings is 1. The van der Waals surface area contributed by atoms with Gasteiger partial charge in [0.15, 0.2) is 0 Å². The van der Waals surface area contributed by atoms with E-state index in [1.54, 1.807) is 36.4 Å². The number of carbonyl (C=O) groups excluding carboxylic acids is 4. The maximum absolute atomic E-state index is 12.1. The number of nitriles is 2. The largest absolute Gasteiger partial charge is 1.00 e. The molecule has 0 fully saturated rings. The first-order valence-corrected chi connectivity index (χ1v) is 17.3. The predicted molar refractivity (Wildman–Crippen MR) is 183 cm³/mol. The molecule has 2 heterocycles. The van der Waals surface area contributed by atoms with E-state index in [2.05, 4.69) is 21.4 Å². The minimum atomic E-state index is -1.63. The maximum Gasteiger partial charge on any atom is 1.00 e. The van der Waals surface area contributed by atoms with E-state index in [1.165, 1.54) is 23.1 Å². The molecule has 1 amide bonds. The molecular formula is C34H27ClN6Na2O8S2. The summed E-state index contributed by atoms with van der Waals surface area (Å²) in [6, 6.07) is 16.5. The summed E-state index contributed by atoms with van der Waals surface area (Å²) in [5.74, 6) is -3.93. The molecule has 3 N–H and O–H groups in total. The Morgan fingerprint density at radius 1 is 0.925 bits per heavy atom. The fourth-order valence-electron chi connectivity index (χ4n) is 4.53. The molecule has 0 saturated carbocycles. The summed E-state index contributed by atoms with van der Waals surface area (Å²) < 4.78 is 10.7. The quantitative estimate of drug-likeness (QED) is 0.0459. The molecule has 0 saturated heterocycles. The molecule has 0 bridgehead atoms. The number of halogens is 1. The molecule has 53 heavy (non-hydrogen) atoms. The van der Waals surface area contributed by atoms with E-state index in [1.807, 2.05) is 23.6 Å². The summed E-state index contributed by atoms with van der Waals surface area (Å²) in [5.41, 5.74) is 8.93. The second kappa shape index (κ2) is 22.5. The van der Waals surface area contributed by atoms with Crippen molar-refractivity contribution in [1.29, 1.82) is 10.5 Å². The normalized spacial score (nSPS) is 10.7. The zero-order chi connectivity index (χ0) is 36.9. The summed E-state index contributed by atoms with van der Waals surface area (Å²) >= 11 is 8.73. The van der Waals surface area contributed by atoms with Crippen molar-refractivity contribution in [3.8, 4) is 39.6 Å². The van der Waals surface area contributed by atoms with Crippen LogP contribution >= 0.6 is 34.7 Å². The summed E-state index contributed by atoms with van der Waals surface area (Å²) in [6.07, 6.45) is -1.75. The van der Waals surface area contributed by atoms with E-state index in [9.17, 15) is 39.9 Å². The fourth-order valence-corrected chi connectivity index (χ4v) is 6.47. The number of thiazole rings is 1. The molecule has 1 atom stereocenters. The Balaban J connectivity index is 0.00000486. The second-order valence-corrected chi connectivity index (χ2v) is 12.8. The van der Waals surface area contributed by atoms with Crippen LogP contribution in [-0.2, 0) is 29.7 Å². The zero-order valence-corrected chi connectivity index (χ0v) is 34.9. The van der Waals surface area contributed by atoms with Gasteiger partial charge in [-0.1, -0.05) is 47.6 Å². The first kappa shape index (κ1) is 45.5. The number of hydrogen-bond donors (Lipinski definition) is 2. The zero-order valence-electron chi connectivity index (χ0n) is 28.5. The molecule has 4 aromatic rings. The number of carboxylic acids is 2. The molecule has 0 spiro atoms. The molecule has 2 aromatic carbocycles. The van der Waals surface area contributed by atoms with Crippen LogP contribution in [0.4, 0.5) is 5.82 Å². The van der Waals surface area contributed by atoms with Crippen LogP contribution in [0.2, 0.25) is 5.02 Å². The Labute approximate surface area is 361 Å². The molecule has 0 aliphatic heterocycles. The van der Waals surface area contributed by atoms with Crippen LogP contribution in [0.5, 0.6) is 5.75 Å². The van der Waals surface area contributed by atoms with Crippen molar-refractivity contribution in [2.24, 2.45) is 0 Å². The molecule has 0 unspecified atom stereocenters. The molecule has 4 rings (SSSR count). The first-order chi connectivity index (χ1) is 24.5. The number of nitrogens with one attached hydrogen (secondary N) is 1. The van der Waals surface area contributed by atoms with Crippen LogP contribution in [0.3, 0.4) is 0 Å². The van der Waals surface area contributed by atoms with Crippen molar-refractivity contribution in [2.45, 2.75) is 42.5 Å². The number of thioether (sulfide) groups is 1. The molecule has 262 valence electrons. The van der Waals surface area contributed by atoms with Crippen molar-refractivity contribution >= 4 is 64.3 Å². The van der Waals surface area contributed by atoms with Crippen LogP contribution < -0.4 is 85.1 Å². The van der Waals surface area contributed by atoms with Gasteiger partial charge >= 0.3 is 65.1 Å². The van der Waals surface area contributed by atoms with Crippen LogP contribution in [0.25, 0.3) is 21.7 Å². The number of anilines is 1. The monoisotopic (exact) mass is 792 g/mol. The fraction of sp³-hybridized carbons (Fsp3) is 0.235. The van der Waals surface area contributed by atoms with Gasteiger partial charge in [0.1, 0.15) is 52.5 Å². The van der Waals surface area contributed by atoms with Gasteiger partial charge in [0.25, 0.3) is 0 Å². The number of nitrogens with two attached hydrogens (primary N) is 1. The van der Waals surface area contributed by atoms with Gasteiger partial charge in [-0.25, -0.2) is 9.97 Å². The van der Waals surface area contributed by atoms with Gasteiger partial charge in [0, 0.05) is 46.1 Å². The van der Waals surface area contributed by atoms with Gasteiger partial charge < -0.3 is 40.3 Å². The number of esters is 1. The number of nitrogens with zero attached hydrogens (tertiary/aromatic N) is 4. The Hall–Kier alpha value is -3.68. The molecule has 0 aliphatic carbocycles. The van der Waals surface area contributed by atoms with Crippen LogP contribution in [0.15, 0.2) is 58.9 Å². The minimum Gasteiger partial charge on any atom is -0.550 e. The maximum atomic E-state index is 12.1.